The summed E-state index contributed by atoms with van der Waals surface area (Å²) in [5, 5.41) is 0.753. The third kappa shape index (κ3) is 3.76. The van der Waals surface area contributed by atoms with Crippen LogP contribution >= 0.6 is 27.5 Å². The van der Waals surface area contributed by atoms with Crippen molar-refractivity contribution in [2.45, 2.75) is 32.2 Å². The van der Waals surface area contributed by atoms with Crippen LogP contribution in [0.2, 0.25) is 5.02 Å². The third-order valence-corrected chi connectivity index (χ3v) is 3.21. The molecule has 3 N–H and O–H groups in total. The first-order valence-corrected chi connectivity index (χ1v) is 6.27. The zero-order chi connectivity index (χ0) is 11.3. The Balaban J connectivity index is 2.81. The standard InChI is InChI=1S/C11H16BrClN2/c1-2-3-4-11(15-14)9-6-5-8(12)7-10(9)13/h5-7,11,15H,2-4,14H2,1H3. The second-order valence-electron chi connectivity index (χ2n) is 3.53. The SMILES string of the molecule is CCCCC(NN)c1ccc(Br)cc1Cl. The van der Waals surface area contributed by atoms with E-state index in [4.69, 9.17) is 17.4 Å². The van der Waals surface area contributed by atoms with E-state index in [-0.39, 0.29) is 6.04 Å². The summed E-state index contributed by atoms with van der Waals surface area (Å²) in [6.45, 7) is 2.16. The molecule has 0 bridgehead atoms. The first-order chi connectivity index (χ1) is 7.19. The molecule has 0 aliphatic rings. The van der Waals surface area contributed by atoms with Gasteiger partial charge in [0.15, 0.2) is 0 Å². The fourth-order valence-electron chi connectivity index (χ4n) is 1.52. The summed E-state index contributed by atoms with van der Waals surface area (Å²) in [7, 11) is 0. The zero-order valence-corrected chi connectivity index (χ0v) is 11.1. The third-order valence-electron chi connectivity index (χ3n) is 2.39. The summed E-state index contributed by atoms with van der Waals surface area (Å²) in [6, 6.07) is 6.03. The molecule has 15 heavy (non-hydrogen) atoms. The molecule has 84 valence electrons. The van der Waals surface area contributed by atoms with E-state index in [2.05, 4.69) is 28.3 Å². The summed E-state index contributed by atoms with van der Waals surface area (Å²) < 4.78 is 0.988. The molecule has 0 fully saturated rings. The Morgan fingerprint density at radius 2 is 2.27 bits per heavy atom. The van der Waals surface area contributed by atoms with Gasteiger partial charge in [-0.2, -0.15) is 0 Å². The Morgan fingerprint density at radius 3 is 2.80 bits per heavy atom. The number of hydrazine groups is 1. The van der Waals surface area contributed by atoms with Crippen molar-refractivity contribution < 1.29 is 0 Å². The lowest BCUT2D eigenvalue weighted by molar-refractivity contribution is 0.495. The summed E-state index contributed by atoms with van der Waals surface area (Å²) in [6.07, 6.45) is 3.31. The van der Waals surface area contributed by atoms with Gasteiger partial charge in [-0.05, 0) is 24.1 Å². The van der Waals surface area contributed by atoms with Gasteiger partial charge in [-0.3, -0.25) is 11.3 Å². The van der Waals surface area contributed by atoms with Gasteiger partial charge in [0.05, 0.1) is 0 Å². The molecule has 0 saturated carbocycles. The van der Waals surface area contributed by atoms with Gasteiger partial charge in [-0.15, -0.1) is 0 Å². The van der Waals surface area contributed by atoms with Crippen LogP contribution in [0.4, 0.5) is 0 Å². The van der Waals surface area contributed by atoms with Gasteiger partial charge >= 0.3 is 0 Å². The van der Waals surface area contributed by atoms with E-state index < -0.39 is 0 Å². The Bertz CT molecular complexity index is 317. The molecule has 0 heterocycles. The van der Waals surface area contributed by atoms with E-state index in [1.165, 1.54) is 0 Å². The zero-order valence-electron chi connectivity index (χ0n) is 8.76. The lowest BCUT2D eigenvalue weighted by Gasteiger charge is -2.17. The number of hydrogen-bond acceptors (Lipinski definition) is 2. The lowest BCUT2D eigenvalue weighted by atomic mass is 10.0. The molecule has 1 rings (SSSR count). The molecule has 0 saturated heterocycles. The van der Waals surface area contributed by atoms with Gasteiger partial charge in [0.25, 0.3) is 0 Å². The van der Waals surface area contributed by atoms with Crippen LogP contribution in [0, 0.1) is 0 Å². The highest BCUT2D eigenvalue weighted by Gasteiger charge is 2.12. The monoisotopic (exact) mass is 290 g/mol. The molecule has 0 aliphatic heterocycles. The van der Waals surface area contributed by atoms with E-state index in [0.717, 1.165) is 34.3 Å². The highest BCUT2D eigenvalue weighted by molar-refractivity contribution is 9.10. The molecular formula is C11H16BrClN2. The topological polar surface area (TPSA) is 38.0 Å². The predicted octanol–water partition coefficient (Wildman–Crippen LogP) is 3.80. The second kappa shape index (κ2) is 6.48. The first kappa shape index (κ1) is 13.0. The number of unbranched alkanes of at least 4 members (excludes halogenated alkanes) is 1. The minimum Gasteiger partial charge on any atom is -0.271 e. The van der Waals surface area contributed by atoms with E-state index in [9.17, 15) is 0 Å². The lowest BCUT2D eigenvalue weighted by Crippen LogP contribution is -2.28. The first-order valence-electron chi connectivity index (χ1n) is 5.10. The van der Waals surface area contributed by atoms with Crippen molar-refractivity contribution in [3.05, 3.63) is 33.3 Å². The number of hydrogen-bond donors (Lipinski definition) is 2. The summed E-state index contributed by atoms with van der Waals surface area (Å²) >= 11 is 9.54. The molecular weight excluding hydrogens is 275 g/mol. The molecule has 0 spiro atoms. The van der Waals surface area contributed by atoms with Gasteiger partial charge in [0.1, 0.15) is 0 Å². The molecule has 0 amide bonds. The van der Waals surface area contributed by atoms with E-state index >= 15 is 0 Å². The van der Waals surface area contributed by atoms with Crippen molar-refractivity contribution in [1.82, 2.24) is 5.43 Å². The number of nitrogens with two attached hydrogens (primary N) is 1. The second-order valence-corrected chi connectivity index (χ2v) is 4.85. The summed E-state index contributed by atoms with van der Waals surface area (Å²) in [4.78, 5) is 0. The van der Waals surface area contributed by atoms with Crippen molar-refractivity contribution in [1.29, 1.82) is 0 Å². The Morgan fingerprint density at radius 1 is 1.53 bits per heavy atom. The van der Waals surface area contributed by atoms with Crippen LogP contribution in [0.1, 0.15) is 37.8 Å². The van der Waals surface area contributed by atoms with Crippen LogP contribution in [0.15, 0.2) is 22.7 Å². The highest BCUT2D eigenvalue weighted by atomic mass is 79.9. The summed E-state index contributed by atoms with van der Waals surface area (Å²) in [5.74, 6) is 5.53. The molecule has 1 atom stereocenters. The predicted molar refractivity (Wildman–Crippen MR) is 68.7 cm³/mol. The van der Waals surface area contributed by atoms with Gasteiger partial charge < -0.3 is 0 Å². The normalized spacial score (nSPS) is 12.8. The Labute approximate surface area is 104 Å². The van der Waals surface area contributed by atoms with Crippen molar-refractivity contribution in [3.8, 4) is 0 Å². The van der Waals surface area contributed by atoms with E-state index in [0.29, 0.717) is 0 Å². The maximum Gasteiger partial charge on any atom is 0.0474 e. The molecule has 1 aromatic rings. The van der Waals surface area contributed by atoms with Gasteiger partial charge in [0, 0.05) is 15.5 Å². The van der Waals surface area contributed by atoms with Gasteiger partial charge in [-0.25, -0.2) is 0 Å². The minimum absolute atomic E-state index is 0.144. The van der Waals surface area contributed by atoms with Crippen molar-refractivity contribution in [3.63, 3.8) is 0 Å². The van der Waals surface area contributed by atoms with Gasteiger partial charge in [-0.1, -0.05) is 53.4 Å². The van der Waals surface area contributed by atoms with E-state index in [1.807, 2.05) is 18.2 Å². The fraction of sp³-hybridized carbons (Fsp3) is 0.455. The summed E-state index contributed by atoms with van der Waals surface area (Å²) in [5.41, 5.74) is 3.88. The molecule has 2 nitrogen and oxygen atoms in total. The molecule has 1 aromatic carbocycles. The minimum atomic E-state index is 0.144. The maximum absolute atomic E-state index is 6.16. The number of halogens is 2. The van der Waals surface area contributed by atoms with Crippen LogP contribution in [0.5, 0.6) is 0 Å². The molecule has 0 radical (unpaired) electrons. The van der Waals surface area contributed by atoms with Crippen LogP contribution < -0.4 is 11.3 Å². The number of benzene rings is 1. The molecule has 0 aromatic heterocycles. The van der Waals surface area contributed by atoms with Crippen molar-refractivity contribution in [2.75, 3.05) is 0 Å². The Kier molecular flexibility index (Phi) is 5.61. The molecule has 0 aliphatic carbocycles. The average Bonchev–Trinajstić information content (AvgIpc) is 2.21. The van der Waals surface area contributed by atoms with Crippen LogP contribution in [0.3, 0.4) is 0 Å². The van der Waals surface area contributed by atoms with Crippen LogP contribution in [-0.4, -0.2) is 0 Å². The van der Waals surface area contributed by atoms with Crippen LogP contribution in [0.25, 0.3) is 0 Å². The smallest absolute Gasteiger partial charge is 0.0474 e. The average molecular weight is 292 g/mol. The molecule has 1 unspecified atom stereocenters. The van der Waals surface area contributed by atoms with E-state index in [1.54, 1.807) is 0 Å². The van der Waals surface area contributed by atoms with Crippen LogP contribution in [-0.2, 0) is 0 Å². The highest BCUT2D eigenvalue weighted by Crippen LogP contribution is 2.28. The number of nitrogens with one attached hydrogen (secondary N) is 1. The van der Waals surface area contributed by atoms with Crippen molar-refractivity contribution >= 4 is 27.5 Å². The largest absolute Gasteiger partial charge is 0.271 e. The fourth-order valence-corrected chi connectivity index (χ4v) is 2.33. The van der Waals surface area contributed by atoms with Crippen molar-refractivity contribution in [2.24, 2.45) is 5.84 Å². The quantitative estimate of drug-likeness (QED) is 0.640. The molecule has 4 heteroatoms. The maximum atomic E-state index is 6.16. The van der Waals surface area contributed by atoms with Gasteiger partial charge in [0.2, 0.25) is 0 Å². The Hall–Kier alpha value is -0.0900. The number of rotatable bonds is 5.